The smallest absolute Gasteiger partial charge is 0.137 e. The lowest BCUT2D eigenvalue weighted by Gasteiger charge is -2.14. The molecule has 0 aliphatic heterocycles. The number of hydrogen-bond donors (Lipinski definition) is 1. The van der Waals surface area contributed by atoms with E-state index in [-0.39, 0.29) is 6.04 Å². The summed E-state index contributed by atoms with van der Waals surface area (Å²) >= 11 is 6.06. The summed E-state index contributed by atoms with van der Waals surface area (Å²) in [5.74, 6) is 1.38. The molecule has 1 rings (SSSR count). The molecule has 0 radical (unpaired) electrons. The van der Waals surface area contributed by atoms with Crippen molar-refractivity contribution in [1.82, 2.24) is 0 Å². The van der Waals surface area contributed by atoms with Gasteiger partial charge in [0.25, 0.3) is 0 Å². The largest absolute Gasteiger partial charge is 0.495 e. The summed E-state index contributed by atoms with van der Waals surface area (Å²) in [7, 11) is 1.61. The van der Waals surface area contributed by atoms with Crippen molar-refractivity contribution in [3.63, 3.8) is 0 Å². The summed E-state index contributed by atoms with van der Waals surface area (Å²) in [4.78, 5) is 0. The normalized spacial score (nSPS) is 12.9. The van der Waals surface area contributed by atoms with Crippen molar-refractivity contribution in [2.45, 2.75) is 32.7 Å². The standard InChI is InChI=1S/C13H20ClNO/c1-9(2)4-6-12(15)10-5-7-13(16-3)11(14)8-10/h5,7-9,12H,4,6,15H2,1-3H3. The minimum absolute atomic E-state index is 0.0609. The molecule has 1 aromatic carbocycles. The maximum absolute atomic E-state index is 6.10. The maximum Gasteiger partial charge on any atom is 0.137 e. The highest BCUT2D eigenvalue weighted by Gasteiger charge is 2.09. The van der Waals surface area contributed by atoms with E-state index >= 15 is 0 Å². The molecule has 0 spiro atoms. The van der Waals surface area contributed by atoms with Crippen LogP contribution in [0.25, 0.3) is 0 Å². The number of ether oxygens (including phenoxy) is 1. The van der Waals surface area contributed by atoms with Gasteiger partial charge in [-0.2, -0.15) is 0 Å². The van der Waals surface area contributed by atoms with E-state index in [1.54, 1.807) is 7.11 Å². The van der Waals surface area contributed by atoms with Crippen molar-refractivity contribution < 1.29 is 4.74 Å². The molecule has 16 heavy (non-hydrogen) atoms. The summed E-state index contributed by atoms with van der Waals surface area (Å²) in [5, 5.41) is 0.625. The number of benzene rings is 1. The minimum Gasteiger partial charge on any atom is -0.495 e. The molecule has 0 aromatic heterocycles. The van der Waals surface area contributed by atoms with E-state index in [2.05, 4.69) is 13.8 Å². The molecule has 0 aliphatic rings. The first-order valence-corrected chi connectivity index (χ1v) is 6.01. The molecule has 2 N–H and O–H groups in total. The molecule has 1 aromatic rings. The van der Waals surface area contributed by atoms with Gasteiger partial charge < -0.3 is 10.5 Å². The van der Waals surface area contributed by atoms with Crippen LogP contribution in [0.1, 0.15) is 38.3 Å². The molecule has 0 bridgehead atoms. The fraction of sp³-hybridized carbons (Fsp3) is 0.538. The average Bonchev–Trinajstić information content (AvgIpc) is 2.25. The van der Waals surface area contributed by atoms with E-state index in [9.17, 15) is 0 Å². The van der Waals surface area contributed by atoms with Crippen molar-refractivity contribution in [2.24, 2.45) is 11.7 Å². The maximum atomic E-state index is 6.10. The minimum atomic E-state index is 0.0609. The van der Waals surface area contributed by atoms with Crippen LogP contribution in [0.15, 0.2) is 18.2 Å². The fourth-order valence-corrected chi connectivity index (χ4v) is 1.86. The van der Waals surface area contributed by atoms with Crippen LogP contribution in [0.5, 0.6) is 5.75 Å². The Bertz CT molecular complexity index is 339. The number of hydrogen-bond acceptors (Lipinski definition) is 2. The molecule has 0 fully saturated rings. The van der Waals surface area contributed by atoms with Crippen molar-refractivity contribution in [3.8, 4) is 5.75 Å². The van der Waals surface area contributed by atoms with Crippen LogP contribution in [0, 0.1) is 5.92 Å². The Balaban J connectivity index is 2.69. The van der Waals surface area contributed by atoms with Crippen molar-refractivity contribution in [3.05, 3.63) is 28.8 Å². The number of rotatable bonds is 5. The van der Waals surface area contributed by atoms with E-state index < -0.39 is 0 Å². The predicted molar refractivity (Wildman–Crippen MR) is 69.0 cm³/mol. The highest BCUT2D eigenvalue weighted by molar-refractivity contribution is 6.32. The molecule has 3 heteroatoms. The van der Waals surface area contributed by atoms with Crippen LogP contribution < -0.4 is 10.5 Å². The van der Waals surface area contributed by atoms with Gasteiger partial charge >= 0.3 is 0 Å². The van der Waals surface area contributed by atoms with E-state index in [1.807, 2.05) is 18.2 Å². The van der Waals surface area contributed by atoms with Gasteiger partial charge in [0.15, 0.2) is 0 Å². The lowest BCUT2D eigenvalue weighted by atomic mass is 9.98. The Morgan fingerprint density at radius 1 is 1.31 bits per heavy atom. The molecular weight excluding hydrogens is 222 g/mol. The lowest BCUT2D eigenvalue weighted by molar-refractivity contribution is 0.414. The van der Waals surface area contributed by atoms with Crippen LogP contribution in [-0.2, 0) is 0 Å². The second-order valence-corrected chi connectivity index (χ2v) is 4.88. The van der Waals surface area contributed by atoms with Crippen molar-refractivity contribution >= 4 is 11.6 Å². The van der Waals surface area contributed by atoms with E-state index in [1.165, 1.54) is 0 Å². The van der Waals surface area contributed by atoms with Crippen LogP contribution in [0.3, 0.4) is 0 Å². The topological polar surface area (TPSA) is 35.2 Å². The first kappa shape index (κ1) is 13.3. The molecule has 1 unspecified atom stereocenters. The molecule has 0 heterocycles. The zero-order valence-corrected chi connectivity index (χ0v) is 10.9. The Morgan fingerprint density at radius 3 is 2.50 bits per heavy atom. The number of methoxy groups -OCH3 is 1. The SMILES string of the molecule is COc1ccc(C(N)CCC(C)C)cc1Cl. The summed E-state index contributed by atoms with van der Waals surface area (Å²) < 4.78 is 5.11. The van der Waals surface area contributed by atoms with E-state index in [0.717, 1.165) is 18.4 Å². The zero-order valence-electron chi connectivity index (χ0n) is 10.2. The van der Waals surface area contributed by atoms with E-state index in [4.69, 9.17) is 22.1 Å². The van der Waals surface area contributed by atoms with Gasteiger partial charge in [0.1, 0.15) is 5.75 Å². The van der Waals surface area contributed by atoms with Crippen molar-refractivity contribution in [1.29, 1.82) is 0 Å². The number of halogens is 1. The van der Waals surface area contributed by atoms with Crippen LogP contribution in [0.2, 0.25) is 5.02 Å². The summed E-state index contributed by atoms with van der Waals surface area (Å²) in [5.41, 5.74) is 7.18. The molecule has 1 atom stereocenters. The van der Waals surface area contributed by atoms with Crippen LogP contribution >= 0.6 is 11.6 Å². The Kier molecular flexibility index (Phi) is 5.10. The summed E-state index contributed by atoms with van der Waals surface area (Å²) in [6, 6.07) is 5.80. The molecule has 0 amide bonds. The van der Waals surface area contributed by atoms with Gasteiger partial charge in [0, 0.05) is 6.04 Å². The molecular formula is C13H20ClNO. The average molecular weight is 242 g/mol. The predicted octanol–water partition coefficient (Wildman–Crippen LogP) is 3.78. The van der Waals surface area contributed by atoms with Gasteiger partial charge in [-0.15, -0.1) is 0 Å². The van der Waals surface area contributed by atoms with Gasteiger partial charge in [-0.25, -0.2) is 0 Å². The third kappa shape index (κ3) is 3.69. The lowest BCUT2D eigenvalue weighted by Crippen LogP contribution is -2.11. The highest BCUT2D eigenvalue weighted by Crippen LogP contribution is 2.28. The molecule has 0 saturated heterocycles. The summed E-state index contributed by atoms with van der Waals surface area (Å²) in [6.07, 6.45) is 2.12. The Morgan fingerprint density at radius 2 is 2.00 bits per heavy atom. The van der Waals surface area contributed by atoms with Gasteiger partial charge in [0.05, 0.1) is 12.1 Å². The number of nitrogens with two attached hydrogens (primary N) is 1. The third-order valence-electron chi connectivity index (χ3n) is 2.66. The third-order valence-corrected chi connectivity index (χ3v) is 2.95. The van der Waals surface area contributed by atoms with E-state index in [0.29, 0.717) is 16.7 Å². The Labute approximate surface area is 103 Å². The quantitative estimate of drug-likeness (QED) is 0.852. The van der Waals surface area contributed by atoms with Gasteiger partial charge in [-0.1, -0.05) is 31.5 Å². The monoisotopic (exact) mass is 241 g/mol. The van der Waals surface area contributed by atoms with Gasteiger partial charge in [-0.3, -0.25) is 0 Å². The van der Waals surface area contributed by atoms with Crippen LogP contribution in [0.4, 0.5) is 0 Å². The second-order valence-electron chi connectivity index (χ2n) is 4.47. The Hall–Kier alpha value is -0.730. The van der Waals surface area contributed by atoms with Crippen LogP contribution in [-0.4, -0.2) is 7.11 Å². The molecule has 0 aliphatic carbocycles. The van der Waals surface area contributed by atoms with Gasteiger partial charge in [-0.05, 0) is 36.5 Å². The molecule has 90 valence electrons. The fourth-order valence-electron chi connectivity index (χ4n) is 1.59. The molecule has 2 nitrogen and oxygen atoms in total. The first-order chi connectivity index (χ1) is 7.54. The summed E-state index contributed by atoms with van der Waals surface area (Å²) in [6.45, 7) is 4.40. The first-order valence-electron chi connectivity index (χ1n) is 5.63. The molecule has 0 saturated carbocycles. The highest BCUT2D eigenvalue weighted by atomic mass is 35.5. The van der Waals surface area contributed by atoms with Gasteiger partial charge in [0.2, 0.25) is 0 Å². The second kappa shape index (κ2) is 6.12. The van der Waals surface area contributed by atoms with Crippen molar-refractivity contribution in [2.75, 3.05) is 7.11 Å². The zero-order chi connectivity index (χ0) is 12.1.